The van der Waals surface area contributed by atoms with Gasteiger partial charge in [0.2, 0.25) is 5.69 Å². The minimum Gasteiger partial charge on any atom is -0.258 e. The molecule has 0 aliphatic heterocycles. The van der Waals surface area contributed by atoms with Crippen molar-refractivity contribution in [2.75, 3.05) is 0 Å². The van der Waals surface area contributed by atoms with Crippen molar-refractivity contribution in [1.29, 1.82) is 5.26 Å². The number of nitro groups is 1. The molecule has 0 saturated heterocycles. The highest BCUT2D eigenvalue weighted by molar-refractivity contribution is 9.10. The van der Waals surface area contributed by atoms with E-state index in [0.717, 1.165) is 6.20 Å². The largest absolute Gasteiger partial charge is 0.320 e. The van der Waals surface area contributed by atoms with Gasteiger partial charge >= 0.3 is 5.69 Å². The van der Waals surface area contributed by atoms with Gasteiger partial charge in [-0.3, -0.25) is 10.1 Å². The molecular weight excluding hydrogens is 276 g/mol. The first-order valence-corrected chi connectivity index (χ1v) is 4.29. The fourth-order valence-electron chi connectivity index (χ4n) is 0.893. The Labute approximate surface area is 90.6 Å². The first-order valence-electron chi connectivity index (χ1n) is 3.50. The second-order valence-corrected chi connectivity index (χ2v) is 3.19. The van der Waals surface area contributed by atoms with Crippen molar-refractivity contribution in [3.05, 3.63) is 32.0 Å². The van der Waals surface area contributed by atoms with Gasteiger partial charge in [0.1, 0.15) is 10.5 Å². The Balaban J connectivity index is 3.51. The van der Waals surface area contributed by atoms with E-state index in [9.17, 15) is 18.9 Å². The maximum absolute atomic E-state index is 12.3. The highest BCUT2D eigenvalue weighted by atomic mass is 79.9. The third kappa shape index (κ3) is 2.07. The third-order valence-corrected chi connectivity index (χ3v) is 2.38. The molecule has 0 unspecified atom stereocenters. The van der Waals surface area contributed by atoms with Crippen molar-refractivity contribution in [1.82, 2.24) is 4.98 Å². The minimum atomic E-state index is -2.89. The van der Waals surface area contributed by atoms with Crippen LogP contribution >= 0.6 is 15.9 Å². The quantitative estimate of drug-likeness (QED) is 0.615. The van der Waals surface area contributed by atoms with Crippen molar-refractivity contribution in [2.24, 2.45) is 0 Å². The summed E-state index contributed by atoms with van der Waals surface area (Å²) in [5.74, 6) is 0. The number of rotatable bonds is 2. The lowest BCUT2D eigenvalue weighted by Gasteiger charge is -2.03. The fourth-order valence-corrected chi connectivity index (χ4v) is 1.50. The number of halogens is 3. The van der Waals surface area contributed by atoms with Crippen LogP contribution in [-0.2, 0) is 0 Å². The van der Waals surface area contributed by atoms with Crippen LogP contribution in [0, 0.1) is 21.4 Å². The van der Waals surface area contributed by atoms with E-state index in [4.69, 9.17) is 5.26 Å². The van der Waals surface area contributed by atoms with E-state index in [1.165, 1.54) is 6.07 Å². The fraction of sp³-hybridized carbons (Fsp3) is 0.143. The topological polar surface area (TPSA) is 79.8 Å². The van der Waals surface area contributed by atoms with Gasteiger partial charge < -0.3 is 0 Å². The number of hydrogen-bond donors (Lipinski definition) is 0. The predicted octanol–water partition coefficient (Wildman–Crippen LogP) is 2.56. The Kier molecular flexibility index (Phi) is 3.26. The Morgan fingerprint density at radius 2 is 2.27 bits per heavy atom. The van der Waals surface area contributed by atoms with Crippen LogP contribution in [0.1, 0.15) is 17.7 Å². The lowest BCUT2D eigenvalue weighted by Crippen LogP contribution is -2.00. The molecule has 1 aromatic rings. The number of hydrogen-bond acceptors (Lipinski definition) is 4. The van der Waals surface area contributed by atoms with Crippen molar-refractivity contribution in [3.8, 4) is 6.07 Å². The summed E-state index contributed by atoms with van der Waals surface area (Å²) >= 11 is 2.66. The molecular formula is C7H2BrF2N3O2. The predicted molar refractivity (Wildman–Crippen MR) is 48.3 cm³/mol. The molecule has 1 heterocycles. The van der Waals surface area contributed by atoms with E-state index >= 15 is 0 Å². The highest BCUT2D eigenvalue weighted by Gasteiger charge is 2.26. The van der Waals surface area contributed by atoms with Gasteiger partial charge in [-0.1, -0.05) is 0 Å². The van der Waals surface area contributed by atoms with Crippen LogP contribution in [0.3, 0.4) is 0 Å². The Bertz CT molecular complexity index is 458. The summed E-state index contributed by atoms with van der Waals surface area (Å²) in [5, 5.41) is 19.0. The van der Waals surface area contributed by atoms with Crippen LogP contribution in [0.4, 0.5) is 14.5 Å². The van der Waals surface area contributed by atoms with Gasteiger partial charge in [0.15, 0.2) is 0 Å². The van der Waals surface area contributed by atoms with Crippen molar-refractivity contribution >= 4 is 21.6 Å². The first-order chi connectivity index (χ1) is 6.99. The summed E-state index contributed by atoms with van der Waals surface area (Å²) in [6.07, 6.45) is -2.15. The zero-order chi connectivity index (χ0) is 11.6. The lowest BCUT2D eigenvalue weighted by atomic mass is 10.2. The molecule has 15 heavy (non-hydrogen) atoms. The molecule has 8 heteroatoms. The number of alkyl halides is 2. The molecule has 0 radical (unpaired) electrons. The zero-order valence-electron chi connectivity index (χ0n) is 6.95. The van der Waals surface area contributed by atoms with Gasteiger partial charge in [0.05, 0.1) is 10.5 Å². The Morgan fingerprint density at radius 1 is 1.67 bits per heavy atom. The van der Waals surface area contributed by atoms with Crippen molar-refractivity contribution < 1.29 is 13.7 Å². The van der Waals surface area contributed by atoms with E-state index in [0.29, 0.717) is 0 Å². The van der Waals surface area contributed by atoms with E-state index in [1.807, 2.05) is 0 Å². The molecule has 0 aromatic carbocycles. The van der Waals surface area contributed by atoms with Crippen LogP contribution in [-0.4, -0.2) is 9.91 Å². The van der Waals surface area contributed by atoms with Crippen LogP contribution in [0.5, 0.6) is 0 Å². The standard InChI is InChI=1S/C7H2BrF2N3O2/c8-5-3(7(9)10)2-12-4(1-11)6(5)13(14)15/h2,7H. The number of nitrogens with zero attached hydrogens (tertiary/aromatic N) is 3. The van der Waals surface area contributed by atoms with E-state index < -0.39 is 32.8 Å². The summed E-state index contributed by atoms with van der Waals surface area (Å²) in [6.45, 7) is 0. The normalized spacial score (nSPS) is 10.1. The first kappa shape index (κ1) is 11.5. The van der Waals surface area contributed by atoms with E-state index in [-0.39, 0.29) is 0 Å². The third-order valence-electron chi connectivity index (χ3n) is 1.54. The van der Waals surface area contributed by atoms with Gasteiger partial charge in [-0.15, -0.1) is 0 Å². The maximum Gasteiger partial charge on any atom is 0.320 e. The molecule has 0 spiro atoms. The summed E-state index contributed by atoms with van der Waals surface area (Å²) in [6, 6.07) is 1.46. The summed E-state index contributed by atoms with van der Waals surface area (Å²) in [4.78, 5) is 12.9. The molecule has 0 amide bonds. The molecule has 5 nitrogen and oxygen atoms in total. The van der Waals surface area contributed by atoms with Gasteiger partial charge in [-0.25, -0.2) is 13.8 Å². The molecule has 1 aromatic heterocycles. The average Bonchev–Trinajstić information content (AvgIpc) is 2.15. The second-order valence-electron chi connectivity index (χ2n) is 2.39. The van der Waals surface area contributed by atoms with Gasteiger partial charge in [-0.05, 0) is 15.9 Å². The second kappa shape index (κ2) is 4.27. The summed E-state index contributed by atoms with van der Waals surface area (Å²) in [7, 11) is 0. The SMILES string of the molecule is N#Cc1ncc(C(F)F)c(Br)c1[N+](=O)[O-]. The molecule has 0 N–H and O–H groups in total. The van der Waals surface area contributed by atoms with Crippen molar-refractivity contribution in [3.63, 3.8) is 0 Å². The summed E-state index contributed by atoms with van der Waals surface area (Å²) in [5.41, 5.74) is -1.85. The van der Waals surface area contributed by atoms with E-state index in [2.05, 4.69) is 20.9 Å². The van der Waals surface area contributed by atoms with Crippen LogP contribution in [0.2, 0.25) is 0 Å². The molecule has 1 rings (SSSR count). The number of aromatic nitrogens is 1. The Morgan fingerprint density at radius 3 is 2.67 bits per heavy atom. The maximum atomic E-state index is 12.3. The number of nitriles is 1. The molecule has 0 aliphatic carbocycles. The molecule has 0 saturated carbocycles. The van der Waals surface area contributed by atoms with Crippen LogP contribution in [0.15, 0.2) is 10.7 Å². The number of pyridine rings is 1. The average molecular weight is 278 g/mol. The van der Waals surface area contributed by atoms with E-state index in [1.54, 1.807) is 0 Å². The monoisotopic (exact) mass is 277 g/mol. The lowest BCUT2D eigenvalue weighted by molar-refractivity contribution is -0.386. The molecule has 0 bridgehead atoms. The van der Waals surface area contributed by atoms with Gasteiger partial charge in [0, 0.05) is 6.20 Å². The molecule has 0 fully saturated rings. The molecule has 0 aliphatic rings. The molecule has 78 valence electrons. The van der Waals surface area contributed by atoms with Crippen LogP contribution in [0.25, 0.3) is 0 Å². The van der Waals surface area contributed by atoms with Crippen molar-refractivity contribution in [2.45, 2.75) is 6.43 Å². The Hall–Kier alpha value is -1.62. The van der Waals surface area contributed by atoms with Gasteiger partial charge in [-0.2, -0.15) is 5.26 Å². The zero-order valence-corrected chi connectivity index (χ0v) is 8.53. The molecule has 0 atom stereocenters. The van der Waals surface area contributed by atoms with Crippen LogP contribution < -0.4 is 0 Å². The summed E-state index contributed by atoms with van der Waals surface area (Å²) < 4.78 is 24.3. The highest BCUT2D eigenvalue weighted by Crippen LogP contribution is 2.35. The smallest absolute Gasteiger partial charge is 0.258 e. The minimum absolute atomic E-state index is 0.408. The van der Waals surface area contributed by atoms with Gasteiger partial charge in [0.25, 0.3) is 6.43 Å².